The zero-order valence-corrected chi connectivity index (χ0v) is 12.6. The molecular formula is C11H13Cl2N5S. The molecule has 0 aliphatic rings. The molecule has 0 amide bonds. The molecule has 0 spiro atoms. The number of hydrogen-bond donors (Lipinski definition) is 1. The van der Waals surface area contributed by atoms with Crippen LogP contribution in [0.4, 0.5) is 0 Å². The Morgan fingerprint density at radius 3 is 2.68 bits per heavy atom. The summed E-state index contributed by atoms with van der Waals surface area (Å²) in [6.07, 6.45) is 0. The van der Waals surface area contributed by atoms with Gasteiger partial charge in [-0.1, -0.05) is 41.0 Å². The number of rotatable bonds is 6. The summed E-state index contributed by atoms with van der Waals surface area (Å²) >= 11 is 13.8. The number of aromatic nitrogens is 4. The molecule has 5 nitrogen and oxygen atoms in total. The minimum atomic E-state index is 0.649. The number of nitrogens with zero attached hydrogens (tertiary/aromatic N) is 4. The van der Waals surface area contributed by atoms with Gasteiger partial charge in [-0.15, -0.1) is 5.10 Å². The first-order valence-corrected chi connectivity index (χ1v) is 7.41. The summed E-state index contributed by atoms with van der Waals surface area (Å²) in [7, 11) is 1.82. The lowest BCUT2D eigenvalue weighted by Gasteiger charge is -2.08. The van der Waals surface area contributed by atoms with Crippen LogP contribution in [0.15, 0.2) is 23.4 Å². The van der Waals surface area contributed by atoms with E-state index in [0.717, 1.165) is 23.0 Å². The first-order chi connectivity index (χ1) is 9.18. The van der Waals surface area contributed by atoms with Crippen molar-refractivity contribution in [3.05, 3.63) is 33.8 Å². The second-order valence-corrected chi connectivity index (χ2v) is 5.69. The van der Waals surface area contributed by atoms with Crippen molar-refractivity contribution in [3.8, 4) is 0 Å². The lowest BCUT2D eigenvalue weighted by molar-refractivity contribution is 0.663. The van der Waals surface area contributed by atoms with Crippen molar-refractivity contribution in [2.24, 2.45) is 7.05 Å². The van der Waals surface area contributed by atoms with E-state index in [1.165, 1.54) is 0 Å². The maximum Gasteiger partial charge on any atom is 0.209 e. The second kappa shape index (κ2) is 7.09. The van der Waals surface area contributed by atoms with Crippen LogP contribution in [0.1, 0.15) is 5.56 Å². The molecule has 1 aromatic carbocycles. The molecular weight excluding hydrogens is 305 g/mol. The van der Waals surface area contributed by atoms with Crippen LogP contribution < -0.4 is 5.32 Å². The number of hydrogen-bond acceptors (Lipinski definition) is 5. The van der Waals surface area contributed by atoms with E-state index in [9.17, 15) is 0 Å². The molecule has 0 bridgehead atoms. The number of thioether (sulfide) groups is 1. The van der Waals surface area contributed by atoms with E-state index < -0.39 is 0 Å². The van der Waals surface area contributed by atoms with Crippen LogP contribution in [0.5, 0.6) is 0 Å². The van der Waals surface area contributed by atoms with Gasteiger partial charge >= 0.3 is 0 Å². The zero-order valence-electron chi connectivity index (χ0n) is 10.3. The Kier molecular flexibility index (Phi) is 5.45. The third kappa shape index (κ3) is 4.07. The fourth-order valence-corrected chi connectivity index (χ4v) is 2.75. The minimum absolute atomic E-state index is 0.649. The Morgan fingerprint density at radius 2 is 2.05 bits per heavy atom. The van der Waals surface area contributed by atoms with Crippen molar-refractivity contribution in [2.75, 3.05) is 12.3 Å². The van der Waals surface area contributed by atoms with Gasteiger partial charge in [-0.05, 0) is 22.6 Å². The highest BCUT2D eigenvalue weighted by atomic mass is 35.5. The van der Waals surface area contributed by atoms with Crippen LogP contribution in [0.25, 0.3) is 0 Å². The van der Waals surface area contributed by atoms with Crippen LogP contribution in [0, 0.1) is 0 Å². The normalized spacial score (nSPS) is 10.9. The van der Waals surface area contributed by atoms with E-state index in [1.807, 2.05) is 25.2 Å². The van der Waals surface area contributed by atoms with Gasteiger partial charge in [-0.3, -0.25) is 0 Å². The van der Waals surface area contributed by atoms with Crippen molar-refractivity contribution < 1.29 is 0 Å². The van der Waals surface area contributed by atoms with Crippen molar-refractivity contribution >= 4 is 35.0 Å². The van der Waals surface area contributed by atoms with E-state index in [-0.39, 0.29) is 0 Å². The van der Waals surface area contributed by atoms with E-state index in [4.69, 9.17) is 23.2 Å². The Labute approximate surface area is 125 Å². The largest absolute Gasteiger partial charge is 0.312 e. The van der Waals surface area contributed by atoms with Gasteiger partial charge in [-0.2, -0.15) is 0 Å². The van der Waals surface area contributed by atoms with Gasteiger partial charge in [0.25, 0.3) is 0 Å². The molecule has 2 rings (SSSR count). The Hall–Kier alpha value is -0.820. The summed E-state index contributed by atoms with van der Waals surface area (Å²) in [5.74, 6) is 0.871. The molecule has 0 aliphatic heterocycles. The van der Waals surface area contributed by atoms with Gasteiger partial charge in [0, 0.05) is 41.5 Å². The molecule has 1 heterocycles. The molecule has 0 radical (unpaired) electrons. The van der Waals surface area contributed by atoms with Crippen LogP contribution in [-0.4, -0.2) is 32.5 Å². The van der Waals surface area contributed by atoms with Crippen molar-refractivity contribution in [1.29, 1.82) is 0 Å². The van der Waals surface area contributed by atoms with Gasteiger partial charge in [-0.25, -0.2) is 4.68 Å². The highest BCUT2D eigenvalue weighted by Gasteiger charge is 2.05. The van der Waals surface area contributed by atoms with Crippen molar-refractivity contribution in [1.82, 2.24) is 25.5 Å². The number of halogens is 2. The van der Waals surface area contributed by atoms with Crippen LogP contribution in [0.3, 0.4) is 0 Å². The summed E-state index contributed by atoms with van der Waals surface area (Å²) in [6, 6.07) is 5.51. The first kappa shape index (κ1) is 14.6. The topological polar surface area (TPSA) is 55.6 Å². The maximum absolute atomic E-state index is 6.08. The molecule has 19 heavy (non-hydrogen) atoms. The van der Waals surface area contributed by atoms with E-state index >= 15 is 0 Å². The highest BCUT2D eigenvalue weighted by Crippen LogP contribution is 2.23. The monoisotopic (exact) mass is 317 g/mol. The summed E-state index contributed by atoms with van der Waals surface area (Å²) in [6.45, 7) is 1.47. The average Bonchev–Trinajstić information content (AvgIpc) is 2.78. The molecule has 0 saturated carbocycles. The predicted molar refractivity (Wildman–Crippen MR) is 77.7 cm³/mol. The predicted octanol–water partition coefficient (Wildman–Crippen LogP) is 2.40. The third-order valence-electron chi connectivity index (χ3n) is 2.45. The van der Waals surface area contributed by atoms with Gasteiger partial charge < -0.3 is 5.32 Å². The van der Waals surface area contributed by atoms with Crippen LogP contribution in [0.2, 0.25) is 10.0 Å². The van der Waals surface area contributed by atoms with E-state index in [0.29, 0.717) is 16.6 Å². The SMILES string of the molecule is Cn1nnnc1SCCNCc1c(Cl)cccc1Cl. The summed E-state index contributed by atoms with van der Waals surface area (Å²) in [4.78, 5) is 0. The molecule has 0 fully saturated rings. The molecule has 0 aliphatic carbocycles. The van der Waals surface area contributed by atoms with Crippen LogP contribution >= 0.6 is 35.0 Å². The van der Waals surface area contributed by atoms with Gasteiger partial charge in [0.1, 0.15) is 0 Å². The number of nitrogens with one attached hydrogen (secondary N) is 1. The van der Waals surface area contributed by atoms with E-state index in [2.05, 4.69) is 20.8 Å². The minimum Gasteiger partial charge on any atom is -0.312 e. The van der Waals surface area contributed by atoms with Gasteiger partial charge in [0.2, 0.25) is 5.16 Å². The smallest absolute Gasteiger partial charge is 0.209 e. The number of tetrazole rings is 1. The van der Waals surface area contributed by atoms with Crippen molar-refractivity contribution in [2.45, 2.75) is 11.7 Å². The Morgan fingerprint density at radius 1 is 1.32 bits per heavy atom. The lowest BCUT2D eigenvalue weighted by atomic mass is 10.2. The maximum atomic E-state index is 6.08. The Balaban J connectivity index is 1.74. The number of benzene rings is 1. The van der Waals surface area contributed by atoms with E-state index in [1.54, 1.807) is 16.4 Å². The quantitative estimate of drug-likeness (QED) is 0.655. The van der Waals surface area contributed by atoms with Gasteiger partial charge in [0.05, 0.1) is 0 Å². The highest BCUT2D eigenvalue weighted by molar-refractivity contribution is 7.99. The fourth-order valence-electron chi connectivity index (χ4n) is 1.47. The first-order valence-electron chi connectivity index (χ1n) is 5.67. The summed E-state index contributed by atoms with van der Waals surface area (Å²) in [5.41, 5.74) is 0.927. The van der Waals surface area contributed by atoms with Crippen LogP contribution in [-0.2, 0) is 13.6 Å². The molecule has 1 aromatic heterocycles. The van der Waals surface area contributed by atoms with Crippen molar-refractivity contribution in [3.63, 3.8) is 0 Å². The lowest BCUT2D eigenvalue weighted by Crippen LogP contribution is -2.17. The molecule has 0 atom stereocenters. The molecule has 8 heteroatoms. The zero-order chi connectivity index (χ0) is 13.7. The van der Waals surface area contributed by atoms with Gasteiger partial charge in [0.15, 0.2) is 0 Å². The molecule has 102 valence electrons. The number of aryl methyl sites for hydroxylation is 1. The Bertz CT molecular complexity index is 525. The standard InChI is InChI=1S/C11H13Cl2N5S/c1-18-11(15-16-17-18)19-6-5-14-7-8-9(12)3-2-4-10(8)13/h2-4,14H,5-7H2,1H3. The molecule has 0 saturated heterocycles. The molecule has 0 unspecified atom stereocenters. The summed E-state index contributed by atoms with van der Waals surface area (Å²) in [5, 5.41) is 16.7. The second-order valence-electron chi connectivity index (χ2n) is 3.81. The third-order valence-corrected chi connectivity index (χ3v) is 4.18. The molecule has 1 N–H and O–H groups in total. The summed E-state index contributed by atoms with van der Waals surface area (Å²) < 4.78 is 1.65. The molecule has 2 aromatic rings. The fraction of sp³-hybridized carbons (Fsp3) is 0.364. The average molecular weight is 318 g/mol.